The number of hydrogen-bond donors (Lipinski definition) is 0. The minimum atomic E-state index is -0.130. The van der Waals surface area contributed by atoms with Gasteiger partial charge in [0.15, 0.2) is 11.5 Å². The lowest BCUT2D eigenvalue weighted by atomic mass is 10.2. The lowest BCUT2D eigenvalue weighted by Gasteiger charge is -2.21. The van der Waals surface area contributed by atoms with E-state index in [-0.39, 0.29) is 5.91 Å². The first-order chi connectivity index (χ1) is 13.1. The van der Waals surface area contributed by atoms with Gasteiger partial charge in [0, 0.05) is 29.6 Å². The van der Waals surface area contributed by atoms with Crippen LogP contribution in [0.3, 0.4) is 0 Å². The standard InChI is InChI=1S/C20H17ClN2O3S/c1-23(11-13-5-6-17-18(9-13)26-8-7-25-17)20(24)16-12-27-19(22-16)14-3-2-4-15(21)10-14/h2-6,9-10,12H,7-8,11H2,1H3. The highest BCUT2D eigenvalue weighted by Gasteiger charge is 2.18. The second-order valence-electron chi connectivity index (χ2n) is 6.19. The van der Waals surface area contributed by atoms with E-state index in [9.17, 15) is 4.79 Å². The molecule has 2 heterocycles. The summed E-state index contributed by atoms with van der Waals surface area (Å²) in [6, 6.07) is 13.2. The van der Waals surface area contributed by atoms with E-state index in [0.717, 1.165) is 27.6 Å². The second kappa shape index (κ2) is 7.58. The first kappa shape index (κ1) is 17.8. The molecule has 3 aromatic rings. The van der Waals surface area contributed by atoms with Crippen LogP contribution in [0.5, 0.6) is 11.5 Å². The lowest BCUT2D eigenvalue weighted by molar-refractivity contribution is 0.0780. The molecular formula is C20H17ClN2O3S. The average molecular weight is 401 g/mol. The number of amides is 1. The zero-order valence-corrected chi connectivity index (χ0v) is 16.2. The molecule has 0 fully saturated rings. The number of thiazole rings is 1. The third kappa shape index (κ3) is 3.91. The van der Waals surface area contributed by atoms with Crippen LogP contribution >= 0.6 is 22.9 Å². The van der Waals surface area contributed by atoms with E-state index in [4.69, 9.17) is 21.1 Å². The number of fused-ring (bicyclic) bond motifs is 1. The summed E-state index contributed by atoms with van der Waals surface area (Å²) in [6.07, 6.45) is 0. The van der Waals surface area contributed by atoms with Crippen molar-refractivity contribution >= 4 is 28.8 Å². The fourth-order valence-electron chi connectivity index (χ4n) is 2.85. The Kier molecular flexibility index (Phi) is 5.01. The molecule has 0 spiro atoms. The Morgan fingerprint density at radius 2 is 2.00 bits per heavy atom. The predicted octanol–water partition coefficient (Wildman–Crippen LogP) is 4.51. The molecule has 5 nitrogen and oxygen atoms in total. The fourth-order valence-corrected chi connectivity index (χ4v) is 3.83. The minimum Gasteiger partial charge on any atom is -0.486 e. The van der Waals surface area contributed by atoms with Crippen LogP contribution in [0.2, 0.25) is 5.02 Å². The van der Waals surface area contributed by atoms with Gasteiger partial charge in [-0.15, -0.1) is 11.3 Å². The van der Waals surface area contributed by atoms with Gasteiger partial charge in [-0.2, -0.15) is 0 Å². The zero-order valence-electron chi connectivity index (χ0n) is 14.6. The molecular weight excluding hydrogens is 384 g/mol. The van der Waals surface area contributed by atoms with E-state index in [2.05, 4.69) is 4.98 Å². The van der Waals surface area contributed by atoms with Crippen molar-refractivity contribution in [2.24, 2.45) is 0 Å². The van der Waals surface area contributed by atoms with Crippen LogP contribution < -0.4 is 9.47 Å². The summed E-state index contributed by atoms with van der Waals surface area (Å²) in [4.78, 5) is 18.9. The van der Waals surface area contributed by atoms with E-state index in [1.165, 1.54) is 11.3 Å². The number of halogens is 1. The molecule has 2 aromatic carbocycles. The molecule has 0 aliphatic carbocycles. The van der Waals surface area contributed by atoms with Crippen molar-refractivity contribution in [2.45, 2.75) is 6.54 Å². The van der Waals surface area contributed by atoms with Crippen molar-refractivity contribution in [2.75, 3.05) is 20.3 Å². The third-order valence-electron chi connectivity index (χ3n) is 4.17. The number of ether oxygens (including phenoxy) is 2. The number of hydrogen-bond acceptors (Lipinski definition) is 5. The molecule has 7 heteroatoms. The summed E-state index contributed by atoms with van der Waals surface area (Å²) in [5.41, 5.74) is 2.30. The van der Waals surface area contributed by atoms with Crippen LogP contribution in [0.15, 0.2) is 47.8 Å². The Labute approximate surface area is 166 Å². The maximum absolute atomic E-state index is 12.7. The van der Waals surface area contributed by atoms with Gasteiger partial charge in [-0.25, -0.2) is 4.98 Å². The van der Waals surface area contributed by atoms with Crippen LogP contribution in [0, 0.1) is 0 Å². The molecule has 0 N–H and O–H groups in total. The molecule has 1 amide bonds. The highest BCUT2D eigenvalue weighted by atomic mass is 35.5. The van der Waals surface area contributed by atoms with Crippen LogP contribution in [0.4, 0.5) is 0 Å². The average Bonchev–Trinajstić information content (AvgIpc) is 3.17. The lowest BCUT2D eigenvalue weighted by Crippen LogP contribution is -2.26. The monoisotopic (exact) mass is 400 g/mol. The van der Waals surface area contributed by atoms with Crippen LogP contribution in [-0.4, -0.2) is 36.1 Å². The molecule has 27 heavy (non-hydrogen) atoms. The van der Waals surface area contributed by atoms with Gasteiger partial charge in [0.1, 0.15) is 23.9 Å². The molecule has 4 rings (SSSR count). The highest BCUT2D eigenvalue weighted by Crippen LogP contribution is 2.31. The Hall–Kier alpha value is -2.57. The summed E-state index contributed by atoms with van der Waals surface area (Å²) < 4.78 is 11.1. The van der Waals surface area contributed by atoms with Crippen molar-refractivity contribution in [3.05, 3.63) is 64.1 Å². The van der Waals surface area contributed by atoms with Crippen LogP contribution in [0.25, 0.3) is 10.6 Å². The summed E-state index contributed by atoms with van der Waals surface area (Å²) in [5, 5.41) is 3.19. The number of benzene rings is 2. The number of carbonyl (C=O) groups is 1. The fraction of sp³-hybridized carbons (Fsp3) is 0.200. The van der Waals surface area contributed by atoms with Crippen molar-refractivity contribution in [3.8, 4) is 22.1 Å². The Balaban J connectivity index is 1.48. The molecule has 0 saturated carbocycles. The summed E-state index contributed by atoms with van der Waals surface area (Å²) in [5.74, 6) is 1.33. The first-order valence-electron chi connectivity index (χ1n) is 8.45. The largest absolute Gasteiger partial charge is 0.486 e. The molecule has 1 aromatic heterocycles. The highest BCUT2D eigenvalue weighted by molar-refractivity contribution is 7.13. The molecule has 0 unspecified atom stereocenters. The van der Waals surface area contributed by atoms with Gasteiger partial charge in [-0.1, -0.05) is 29.8 Å². The number of carbonyl (C=O) groups excluding carboxylic acids is 1. The van der Waals surface area contributed by atoms with E-state index >= 15 is 0 Å². The Morgan fingerprint density at radius 3 is 2.81 bits per heavy atom. The van der Waals surface area contributed by atoms with Gasteiger partial charge in [0.05, 0.1) is 0 Å². The van der Waals surface area contributed by atoms with Crippen molar-refractivity contribution in [3.63, 3.8) is 0 Å². The van der Waals surface area contributed by atoms with Crippen LogP contribution in [-0.2, 0) is 6.54 Å². The predicted molar refractivity (Wildman–Crippen MR) is 106 cm³/mol. The minimum absolute atomic E-state index is 0.130. The Bertz CT molecular complexity index is 989. The number of aromatic nitrogens is 1. The third-order valence-corrected chi connectivity index (χ3v) is 5.29. The molecule has 0 bridgehead atoms. The number of nitrogens with zero attached hydrogens (tertiary/aromatic N) is 2. The van der Waals surface area contributed by atoms with Gasteiger partial charge in [-0.3, -0.25) is 4.79 Å². The molecule has 0 atom stereocenters. The van der Waals surface area contributed by atoms with E-state index in [1.807, 2.05) is 42.5 Å². The summed E-state index contributed by atoms with van der Waals surface area (Å²) in [7, 11) is 1.76. The first-order valence-corrected chi connectivity index (χ1v) is 9.71. The van der Waals surface area contributed by atoms with Crippen molar-refractivity contribution < 1.29 is 14.3 Å². The summed E-state index contributed by atoms with van der Waals surface area (Å²) >= 11 is 7.47. The van der Waals surface area contributed by atoms with Crippen molar-refractivity contribution in [1.29, 1.82) is 0 Å². The Morgan fingerprint density at radius 1 is 1.19 bits per heavy atom. The molecule has 0 saturated heterocycles. The smallest absolute Gasteiger partial charge is 0.273 e. The molecule has 138 valence electrons. The SMILES string of the molecule is CN(Cc1ccc2c(c1)OCCO2)C(=O)c1csc(-c2cccc(Cl)c2)n1. The van der Waals surface area contributed by atoms with Gasteiger partial charge < -0.3 is 14.4 Å². The van der Waals surface area contributed by atoms with Crippen LogP contribution in [0.1, 0.15) is 16.1 Å². The van der Waals surface area contributed by atoms with E-state index in [1.54, 1.807) is 17.3 Å². The molecule has 0 radical (unpaired) electrons. The maximum Gasteiger partial charge on any atom is 0.273 e. The van der Waals surface area contributed by atoms with E-state index in [0.29, 0.717) is 30.5 Å². The van der Waals surface area contributed by atoms with Gasteiger partial charge in [0.2, 0.25) is 0 Å². The van der Waals surface area contributed by atoms with E-state index < -0.39 is 0 Å². The molecule has 1 aliphatic heterocycles. The second-order valence-corrected chi connectivity index (χ2v) is 7.48. The topological polar surface area (TPSA) is 51.7 Å². The zero-order chi connectivity index (χ0) is 18.8. The normalized spacial score (nSPS) is 12.7. The van der Waals surface area contributed by atoms with Gasteiger partial charge >= 0.3 is 0 Å². The number of rotatable bonds is 4. The maximum atomic E-state index is 12.7. The molecule has 1 aliphatic rings. The van der Waals surface area contributed by atoms with Crippen molar-refractivity contribution in [1.82, 2.24) is 9.88 Å². The quantitative estimate of drug-likeness (QED) is 0.646. The summed E-state index contributed by atoms with van der Waals surface area (Å²) in [6.45, 7) is 1.55. The van der Waals surface area contributed by atoms with Gasteiger partial charge in [0.25, 0.3) is 5.91 Å². The van der Waals surface area contributed by atoms with Gasteiger partial charge in [-0.05, 0) is 29.8 Å².